The minimum atomic E-state index is -0.642. The standard InChI is InChI=1S/C22H21NO5/c1-27-19-11-6-5-10-17(19)14-18(16-8-3-2-4-9-16)22(26)28-15-21(25)23-13-7-12-20(23)24/h2-6,8-11,14H,7,12-13,15H2,1H3/b18-14+. The molecule has 0 bridgehead atoms. The number of esters is 1. The summed E-state index contributed by atoms with van der Waals surface area (Å²) in [5, 5.41) is 0. The van der Waals surface area contributed by atoms with Gasteiger partial charge < -0.3 is 9.47 Å². The zero-order valence-corrected chi connectivity index (χ0v) is 15.6. The number of hydrogen-bond acceptors (Lipinski definition) is 5. The van der Waals surface area contributed by atoms with Crippen molar-refractivity contribution in [2.45, 2.75) is 12.8 Å². The molecule has 6 nitrogen and oxygen atoms in total. The van der Waals surface area contributed by atoms with E-state index >= 15 is 0 Å². The zero-order chi connectivity index (χ0) is 19.9. The summed E-state index contributed by atoms with van der Waals surface area (Å²) in [6.07, 6.45) is 2.66. The van der Waals surface area contributed by atoms with Gasteiger partial charge in [-0.05, 0) is 24.1 Å². The number of likely N-dealkylation sites (tertiary alicyclic amines) is 1. The smallest absolute Gasteiger partial charge is 0.339 e. The van der Waals surface area contributed by atoms with Crippen LogP contribution in [0.5, 0.6) is 5.75 Å². The first kappa shape index (κ1) is 19.4. The predicted octanol–water partition coefficient (Wildman–Crippen LogP) is 2.93. The van der Waals surface area contributed by atoms with Crippen LogP contribution in [0.1, 0.15) is 24.0 Å². The Balaban J connectivity index is 1.83. The summed E-state index contributed by atoms with van der Waals surface area (Å²) >= 11 is 0. The first-order valence-corrected chi connectivity index (χ1v) is 9.00. The number of methoxy groups -OCH3 is 1. The number of amides is 2. The summed E-state index contributed by atoms with van der Waals surface area (Å²) in [5.74, 6) is -0.756. The van der Waals surface area contributed by atoms with Crippen molar-refractivity contribution in [3.8, 4) is 5.75 Å². The van der Waals surface area contributed by atoms with E-state index in [-0.39, 0.29) is 5.91 Å². The highest BCUT2D eigenvalue weighted by atomic mass is 16.5. The molecule has 28 heavy (non-hydrogen) atoms. The third-order valence-electron chi connectivity index (χ3n) is 4.44. The van der Waals surface area contributed by atoms with Gasteiger partial charge in [0.2, 0.25) is 5.91 Å². The lowest BCUT2D eigenvalue weighted by Crippen LogP contribution is -2.35. The Morgan fingerprint density at radius 1 is 1.07 bits per heavy atom. The molecule has 2 aromatic rings. The number of imide groups is 1. The molecule has 0 saturated carbocycles. The quantitative estimate of drug-likeness (QED) is 0.438. The average Bonchev–Trinajstić information content (AvgIpc) is 3.17. The molecule has 0 spiro atoms. The minimum Gasteiger partial charge on any atom is -0.496 e. The van der Waals surface area contributed by atoms with Crippen molar-refractivity contribution < 1.29 is 23.9 Å². The number of rotatable bonds is 6. The van der Waals surface area contributed by atoms with Crippen molar-refractivity contribution in [1.29, 1.82) is 0 Å². The molecule has 1 aliphatic heterocycles. The second-order valence-electron chi connectivity index (χ2n) is 6.28. The monoisotopic (exact) mass is 379 g/mol. The van der Waals surface area contributed by atoms with Crippen molar-refractivity contribution in [3.05, 3.63) is 65.7 Å². The van der Waals surface area contributed by atoms with Gasteiger partial charge in [-0.15, -0.1) is 0 Å². The van der Waals surface area contributed by atoms with E-state index in [2.05, 4.69) is 0 Å². The van der Waals surface area contributed by atoms with Crippen LogP contribution >= 0.6 is 0 Å². The zero-order valence-electron chi connectivity index (χ0n) is 15.6. The van der Waals surface area contributed by atoms with E-state index in [4.69, 9.17) is 9.47 Å². The third kappa shape index (κ3) is 4.46. The van der Waals surface area contributed by atoms with E-state index in [1.165, 1.54) is 0 Å². The van der Waals surface area contributed by atoms with Crippen LogP contribution in [0.25, 0.3) is 11.6 Å². The first-order valence-electron chi connectivity index (χ1n) is 9.00. The molecular weight excluding hydrogens is 358 g/mol. The lowest BCUT2D eigenvalue weighted by molar-refractivity contribution is -0.151. The van der Waals surface area contributed by atoms with E-state index in [1.807, 2.05) is 36.4 Å². The summed E-state index contributed by atoms with van der Waals surface area (Å²) in [4.78, 5) is 37.7. The van der Waals surface area contributed by atoms with Gasteiger partial charge in [0.15, 0.2) is 6.61 Å². The molecule has 0 N–H and O–H groups in total. The van der Waals surface area contributed by atoms with Gasteiger partial charge in [0, 0.05) is 18.5 Å². The third-order valence-corrected chi connectivity index (χ3v) is 4.44. The maximum absolute atomic E-state index is 12.8. The molecule has 0 radical (unpaired) electrons. The number of nitrogens with zero attached hydrogens (tertiary/aromatic N) is 1. The fourth-order valence-corrected chi connectivity index (χ4v) is 3.01. The van der Waals surface area contributed by atoms with Gasteiger partial charge in [-0.2, -0.15) is 0 Å². The molecule has 1 aliphatic rings. The normalized spacial score (nSPS) is 14.1. The summed E-state index contributed by atoms with van der Waals surface area (Å²) in [7, 11) is 1.55. The molecule has 1 saturated heterocycles. The minimum absolute atomic E-state index is 0.228. The molecule has 2 aromatic carbocycles. The number of ether oxygens (including phenoxy) is 2. The number of carbonyl (C=O) groups excluding carboxylic acids is 3. The fourth-order valence-electron chi connectivity index (χ4n) is 3.01. The summed E-state index contributed by atoms with van der Waals surface area (Å²) in [6, 6.07) is 16.3. The largest absolute Gasteiger partial charge is 0.496 e. The molecule has 1 fully saturated rings. The molecular formula is C22H21NO5. The van der Waals surface area contributed by atoms with Crippen LogP contribution in [0.4, 0.5) is 0 Å². The van der Waals surface area contributed by atoms with Crippen LogP contribution in [0.2, 0.25) is 0 Å². The highest BCUT2D eigenvalue weighted by Gasteiger charge is 2.27. The Morgan fingerprint density at radius 3 is 2.46 bits per heavy atom. The van der Waals surface area contributed by atoms with Crippen LogP contribution in [0.3, 0.4) is 0 Å². The Bertz CT molecular complexity index is 904. The number of carbonyl (C=O) groups is 3. The van der Waals surface area contributed by atoms with Crippen molar-refractivity contribution >= 4 is 29.4 Å². The molecule has 6 heteroatoms. The Morgan fingerprint density at radius 2 is 1.79 bits per heavy atom. The second-order valence-corrected chi connectivity index (χ2v) is 6.28. The van der Waals surface area contributed by atoms with Gasteiger partial charge in [0.25, 0.3) is 5.91 Å². The molecule has 144 valence electrons. The highest BCUT2D eigenvalue weighted by molar-refractivity contribution is 6.22. The molecule has 0 unspecified atom stereocenters. The van der Waals surface area contributed by atoms with Crippen molar-refractivity contribution in [2.24, 2.45) is 0 Å². The van der Waals surface area contributed by atoms with E-state index in [0.717, 1.165) is 4.90 Å². The van der Waals surface area contributed by atoms with Crippen molar-refractivity contribution in [1.82, 2.24) is 4.90 Å². The summed E-state index contributed by atoms with van der Waals surface area (Å²) in [5.41, 5.74) is 1.66. The Labute approximate surface area is 163 Å². The van der Waals surface area contributed by atoms with Crippen LogP contribution in [-0.2, 0) is 19.1 Å². The molecule has 0 aliphatic carbocycles. The topological polar surface area (TPSA) is 72.9 Å². The van der Waals surface area contributed by atoms with Crippen LogP contribution in [-0.4, -0.2) is 42.9 Å². The van der Waals surface area contributed by atoms with E-state index < -0.39 is 18.5 Å². The number of para-hydroxylation sites is 1. The molecule has 0 aromatic heterocycles. The van der Waals surface area contributed by atoms with Crippen LogP contribution < -0.4 is 4.74 Å². The van der Waals surface area contributed by atoms with E-state index in [0.29, 0.717) is 41.8 Å². The van der Waals surface area contributed by atoms with Crippen molar-refractivity contribution in [3.63, 3.8) is 0 Å². The van der Waals surface area contributed by atoms with Gasteiger partial charge in [0.05, 0.1) is 12.7 Å². The van der Waals surface area contributed by atoms with Crippen LogP contribution in [0.15, 0.2) is 54.6 Å². The van der Waals surface area contributed by atoms with Gasteiger partial charge >= 0.3 is 5.97 Å². The SMILES string of the molecule is COc1ccccc1/C=C(/C(=O)OCC(=O)N1CCCC1=O)c1ccccc1. The van der Waals surface area contributed by atoms with Gasteiger partial charge in [-0.25, -0.2) is 4.79 Å². The predicted molar refractivity (Wildman–Crippen MR) is 104 cm³/mol. The van der Waals surface area contributed by atoms with E-state index in [9.17, 15) is 14.4 Å². The second kappa shape index (κ2) is 8.99. The maximum Gasteiger partial charge on any atom is 0.339 e. The van der Waals surface area contributed by atoms with Crippen LogP contribution in [0, 0.1) is 0 Å². The lowest BCUT2D eigenvalue weighted by Gasteiger charge is -2.14. The summed E-state index contributed by atoms with van der Waals surface area (Å²) < 4.78 is 10.6. The van der Waals surface area contributed by atoms with Gasteiger partial charge in [0.1, 0.15) is 5.75 Å². The molecule has 2 amide bonds. The Kier molecular flexibility index (Phi) is 6.22. The van der Waals surface area contributed by atoms with Gasteiger partial charge in [-0.1, -0.05) is 48.5 Å². The number of hydrogen-bond donors (Lipinski definition) is 0. The lowest BCUT2D eigenvalue weighted by atomic mass is 10.0. The maximum atomic E-state index is 12.8. The Hall–Kier alpha value is -3.41. The van der Waals surface area contributed by atoms with Crippen molar-refractivity contribution in [2.75, 3.05) is 20.3 Å². The molecule has 1 heterocycles. The van der Waals surface area contributed by atoms with Gasteiger partial charge in [-0.3, -0.25) is 14.5 Å². The molecule has 0 atom stereocenters. The highest BCUT2D eigenvalue weighted by Crippen LogP contribution is 2.25. The number of benzene rings is 2. The first-order chi connectivity index (χ1) is 13.6. The molecule has 3 rings (SSSR count). The fraction of sp³-hybridized carbons (Fsp3) is 0.227. The van der Waals surface area contributed by atoms with E-state index in [1.54, 1.807) is 31.4 Å². The summed E-state index contributed by atoms with van der Waals surface area (Å²) in [6.45, 7) is -0.0987. The average molecular weight is 379 g/mol.